The lowest BCUT2D eigenvalue weighted by Crippen LogP contribution is -2.12. The third kappa shape index (κ3) is 2.97. The van der Waals surface area contributed by atoms with E-state index in [0.29, 0.717) is 17.9 Å². The molecule has 0 aromatic heterocycles. The summed E-state index contributed by atoms with van der Waals surface area (Å²) in [5.41, 5.74) is 8.67. The van der Waals surface area contributed by atoms with E-state index in [2.05, 4.69) is 0 Å². The Hall–Kier alpha value is -1.55. The van der Waals surface area contributed by atoms with Crippen LogP contribution in [0.3, 0.4) is 0 Å². The molecule has 0 saturated heterocycles. The molecule has 88 valence electrons. The third-order valence-corrected chi connectivity index (χ3v) is 2.43. The lowest BCUT2D eigenvalue weighted by molar-refractivity contribution is 0.0387. The van der Waals surface area contributed by atoms with E-state index in [-0.39, 0.29) is 12.6 Å². The number of hydrogen-bond acceptors (Lipinski definition) is 4. The van der Waals surface area contributed by atoms with Crippen LogP contribution < -0.4 is 5.73 Å². The van der Waals surface area contributed by atoms with E-state index >= 15 is 0 Å². The lowest BCUT2D eigenvalue weighted by Gasteiger charge is -2.10. The van der Waals surface area contributed by atoms with Gasteiger partial charge >= 0.3 is 5.97 Å². The molecular weight excluding hydrogens is 206 g/mol. The van der Waals surface area contributed by atoms with E-state index < -0.39 is 0 Å². The maximum atomic E-state index is 11.7. The topological polar surface area (TPSA) is 61.5 Å². The fourth-order valence-corrected chi connectivity index (χ4v) is 1.39. The standard InChI is InChI=1S/C12H17NO3/c1-8-6-10(13)7-11(9(8)2)12(14)16-5-4-15-3/h6-7H,4-5,13H2,1-3H3. The summed E-state index contributed by atoms with van der Waals surface area (Å²) in [6, 6.07) is 3.47. The summed E-state index contributed by atoms with van der Waals surface area (Å²) in [7, 11) is 1.56. The fourth-order valence-electron chi connectivity index (χ4n) is 1.39. The second-order valence-corrected chi connectivity index (χ2v) is 3.64. The first-order valence-corrected chi connectivity index (χ1v) is 5.09. The monoisotopic (exact) mass is 223 g/mol. The van der Waals surface area contributed by atoms with E-state index in [1.165, 1.54) is 0 Å². The molecule has 0 radical (unpaired) electrons. The highest BCUT2D eigenvalue weighted by Crippen LogP contribution is 2.18. The van der Waals surface area contributed by atoms with Crippen molar-refractivity contribution in [3.05, 3.63) is 28.8 Å². The normalized spacial score (nSPS) is 10.2. The van der Waals surface area contributed by atoms with Crippen molar-refractivity contribution in [3.63, 3.8) is 0 Å². The Labute approximate surface area is 95.3 Å². The highest BCUT2D eigenvalue weighted by Gasteiger charge is 2.12. The molecule has 0 fully saturated rings. The Morgan fingerprint density at radius 3 is 2.62 bits per heavy atom. The molecule has 0 saturated carbocycles. The Bertz CT molecular complexity index is 388. The lowest BCUT2D eigenvalue weighted by atomic mass is 10.0. The van der Waals surface area contributed by atoms with Crippen LogP contribution in [-0.4, -0.2) is 26.3 Å². The number of rotatable bonds is 4. The van der Waals surface area contributed by atoms with Crippen molar-refractivity contribution in [3.8, 4) is 0 Å². The number of esters is 1. The minimum absolute atomic E-state index is 0.253. The van der Waals surface area contributed by atoms with Gasteiger partial charge in [0.05, 0.1) is 12.2 Å². The number of carbonyl (C=O) groups excluding carboxylic acids is 1. The first-order valence-electron chi connectivity index (χ1n) is 5.09. The SMILES string of the molecule is COCCOC(=O)c1cc(N)cc(C)c1C. The van der Waals surface area contributed by atoms with Gasteiger partial charge in [-0.2, -0.15) is 0 Å². The summed E-state index contributed by atoms with van der Waals surface area (Å²) in [6.45, 7) is 4.44. The molecule has 4 heteroatoms. The number of anilines is 1. The highest BCUT2D eigenvalue weighted by molar-refractivity contribution is 5.92. The first-order chi connectivity index (χ1) is 7.56. The molecule has 0 aliphatic rings. The quantitative estimate of drug-likeness (QED) is 0.479. The van der Waals surface area contributed by atoms with Gasteiger partial charge in [0, 0.05) is 12.8 Å². The third-order valence-electron chi connectivity index (χ3n) is 2.43. The van der Waals surface area contributed by atoms with Crippen LogP contribution in [-0.2, 0) is 9.47 Å². The van der Waals surface area contributed by atoms with Gasteiger partial charge in [0.25, 0.3) is 0 Å². The number of benzene rings is 1. The van der Waals surface area contributed by atoms with Crippen molar-refractivity contribution in [1.29, 1.82) is 0 Å². The highest BCUT2D eigenvalue weighted by atomic mass is 16.6. The average molecular weight is 223 g/mol. The molecule has 2 N–H and O–H groups in total. The van der Waals surface area contributed by atoms with Gasteiger partial charge in [-0.25, -0.2) is 4.79 Å². The maximum Gasteiger partial charge on any atom is 0.338 e. The van der Waals surface area contributed by atoms with Crippen LogP contribution in [0.2, 0.25) is 0 Å². The van der Waals surface area contributed by atoms with Crippen molar-refractivity contribution in [2.24, 2.45) is 0 Å². The van der Waals surface area contributed by atoms with Crippen LogP contribution >= 0.6 is 0 Å². The smallest absolute Gasteiger partial charge is 0.338 e. The second kappa shape index (κ2) is 5.51. The zero-order chi connectivity index (χ0) is 12.1. The minimum atomic E-state index is -0.357. The number of nitrogen functional groups attached to an aromatic ring is 1. The predicted molar refractivity (Wildman–Crippen MR) is 62.5 cm³/mol. The van der Waals surface area contributed by atoms with Crippen LogP contribution in [0.4, 0.5) is 5.69 Å². The molecule has 0 atom stereocenters. The molecule has 16 heavy (non-hydrogen) atoms. The Balaban J connectivity index is 2.82. The molecule has 0 aliphatic heterocycles. The van der Waals surface area contributed by atoms with Crippen LogP contribution in [0, 0.1) is 13.8 Å². The summed E-state index contributed by atoms with van der Waals surface area (Å²) < 4.78 is 9.84. The van der Waals surface area contributed by atoms with Gasteiger partial charge < -0.3 is 15.2 Å². The number of carbonyl (C=O) groups is 1. The summed E-state index contributed by atoms with van der Waals surface area (Å²) in [5, 5.41) is 0. The van der Waals surface area contributed by atoms with Crippen LogP contribution in [0.25, 0.3) is 0 Å². The zero-order valence-corrected chi connectivity index (χ0v) is 9.87. The number of nitrogens with two attached hydrogens (primary N) is 1. The van der Waals surface area contributed by atoms with Crippen LogP contribution in [0.5, 0.6) is 0 Å². The molecular formula is C12H17NO3. The van der Waals surface area contributed by atoms with Gasteiger partial charge in [-0.05, 0) is 37.1 Å². The first kappa shape index (κ1) is 12.5. The molecule has 0 heterocycles. The van der Waals surface area contributed by atoms with E-state index in [1.807, 2.05) is 19.9 Å². The fraction of sp³-hybridized carbons (Fsp3) is 0.417. The van der Waals surface area contributed by atoms with Crippen molar-refractivity contribution >= 4 is 11.7 Å². The van der Waals surface area contributed by atoms with Gasteiger partial charge in [-0.1, -0.05) is 0 Å². The zero-order valence-electron chi connectivity index (χ0n) is 9.87. The second-order valence-electron chi connectivity index (χ2n) is 3.64. The molecule has 0 amide bonds. The summed E-state index contributed by atoms with van der Waals surface area (Å²) in [5.74, 6) is -0.357. The van der Waals surface area contributed by atoms with E-state index in [9.17, 15) is 4.79 Å². The Kier molecular flexibility index (Phi) is 4.31. The summed E-state index contributed by atoms with van der Waals surface area (Å²) in [6.07, 6.45) is 0. The van der Waals surface area contributed by atoms with Gasteiger partial charge in [0.1, 0.15) is 6.61 Å². The van der Waals surface area contributed by atoms with Crippen LogP contribution in [0.15, 0.2) is 12.1 Å². The van der Waals surface area contributed by atoms with Gasteiger partial charge in [-0.3, -0.25) is 0 Å². The molecule has 0 bridgehead atoms. The van der Waals surface area contributed by atoms with Gasteiger partial charge in [-0.15, -0.1) is 0 Å². The molecule has 4 nitrogen and oxygen atoms in total. The molecule has 1 aromatic carbocycles. The molecule has 0 spiro atoms. The number of methoxy groups -OCH3 is 1. The van der Waals surface area contributed by atoms with E-state index in [4.69, 9.17) is 15.2 Å². The predicted octanol–water partition coefficient (Wildman–Crippen LogP) is 1.69. The summed E-state index contributed by atoms with van der Waals surface area (Å²) >= 11 is 0. The maximum absolute atomic E-state index is 11.7. The Morgan fingerprint density at radius 2 is 2.00 bits per heavy atom. The molecule has 1 rings (SSSR count). The minimum Gasteiger partial charge on any atom is -0.460 e. The number of ether oxygens (including phenoxy) is 2. The number of aryl methyl sites for hydroxylation is 1. The summed E-state index contributed by atoms with van der Waals surface area (Å²) in [4.78, 5) is 11.7. The number of hydrogen-bond donors (Lipinski definition) is 1. The van der Waals surface area contributed by atoms with Crippen molar-refractivity contribution in [2.75, 3.05) is 26.1 Å². The molecule has 0 aliphatic carbocycles. The van der Waals surface area contributed by atoms with Crippen LogP contribution in [0.1, 0.15) is 21.5 Å². The van der Waals surface area contributed by atoms with Gasteiger partial charge in [0.2, 0.25) is 0 Å². The molecule has 1 aromatic rings. The Morgan fingerprint density at radius 1 is 1.31 bits per heavy atom. The molecule has 0 unspecified atom stereocenters. The average Bonchev–Trinajstić information content (AvgIpc) is 2.23. The largest absolute Gasteiger partial charge is 0.460 e. The van der Waals surface area contributed by atoms with E-state index in [0.717, 1.165) is 11.1 Å². The van der Waals surface area contributed by atoms with Crippen molar-refractivity contribution < 1.29 is 14.3 Å². The van der Waals surface area contributed by atoms with E-state index in [1.54, 1.807) is 13.2 Å². The van der Waals surface area contributed by atoms with Gasteiger partial charge in [0.15, 0.2) is 0 Å². The van der Waals surface area contributed by atoms with Crippen molar-refractivity contribution in [1.82, 2.24) is 0 Å². The van der Waals surface area contributed by atoms with Crippen molar-refractivity contribution in [2.45, 2.75) is 13.8 Å².